The fourth-order valence-electron chi connectivity index (χ4n) is 2.55. The van der Waals surface area contributed by atoms with E-state index in [1.165, 1.54) is 25.7 Å². The topological polar surface area (TPSA) is 54.9 Å². The summed E-state index contributed by atoms with van der Waals surface area (Å²) in [6, 6.07) is 0. The standard InChI is InChI=1S/C15H31N3O2/c1-15(7-4-5-8-15)13-18-14(16-2)17-9-6-10-20-12-11-19-3/h4-13H2,1-3H3,(H2,16,17,18). The van der Waals surface area contributed by atoms with Gasteiger partial charge in [0.1, 0.15) is 0 Å². The fraction of sp³-hybridized carbons (Fsp3) is 0.933. The van der Waals surface area contributed by atoms with Crippen molar-refractivity contribution < 1.29 is 9.47 Å². The maximum atomic E-state index is 5.42. The highest BCUT2D eigenvalue weighted by atomic mass is 16.5. The Balaban J connectivity index is 2.05. The summed E-state index contributed by atoms with van der Waals surface area (Å²) in [5.41, 5.74) is 0.445. The number of ether oxygens (including phenoxy) is 2. The Bertz CT molecular complexity index is 276. The van der Waals surface area contributed by atoms with E-state index in [2.05, 4.69) is 22.5 Å². The van der Waals surface area contributed by atoms with Gasteiger partial charge in [0, 0.05) is 33.9 Å². The van der Waals surface area contributed by atoms with Gasteiger partial charge in [-0.1, -0.05) is 19.8 Å². The van der Waals surface area contributed by atoms with Crippen LogP contribution in [0, 0.1) is 5.41 Å². The molecule has 0 aromatic heterocycles. The van der Waals surface area contributed by atoms with Crippen molar-refractivity contribution in [3.8, 4) is 0 Å². The van der Waals surface area contributed by atoms with Crippen molar-refractivity contribution in [3.63, 3.8) is 0 Å². The van der Waals surface area contributed by atoms with Gasteiger partial charge < -0.3 is 20.1 Å². The number of hydrogen-bond donors (Lipinski definition) is 2. The third-order valence-electron chi connectivity index (χ3n) is 3.91. The second-order valence-electron chi connectivity index (χ2n) is 5.83. The molecule has 0 unspecified atom stereocenters. The molecule has 20 heavy (non-hydrogen) atoms. The molecule has 1 fully saturated rings. The number of hydrogen-bond acceptors (Lipinski definition) is 3. The fourth-order valence-corrected chi connectivity index (χ4v) is 2.55. The first-order chi connectivity index (χ1) is 9.70. The van der Waals surface area contributed by atoms with Crippen LogP contribution in [0.1, 0.15) is 39.0 Å². The molecule has 118 valence electrons. The third-order valence-corrected chi connectivity index (χ3v) is 3.91. The molecule has 1 aliphatic carbocycles. The van der Waals surface area contributed by atoms with Crippen LogP contribution in [0.15, 0.2) is 4.99 Å². The molecule has 0 heterocycles. The van der Waals surface area contributed by atoms with Crippen LogP contribution < -0.4 is 10.6 Å². The average molecular weight is 285 g/mol. The Kier molecular flexibility index (Phi) is 8.62. The molecule has 0 aliphatic heterocycles. The van der Waals surface area contributed by atoms with E-state index in [-0.39, 0.29) is 0 Å². The van der Waals surface area contributed by atoms with Crippen LogP contribution in [-0.4, -0.2) is 53.0 Å². The summed E-state index contributed by atoms with van der Waals surface area (Å²) in [6.45, 7) is 6.34. The molecule has 0 amide bonds. The van der Waals surface area contributed by atoms with Crippen molar-refractivity contribution >= 4 is 5.96 Å². The van der Waals surface area contributed by atoms with Gasteiger partial charge in [-0.15, -0.1) is 0 Å². The molecule has 0 aromatic carbocycles. The van der Waals surface area contributed by atoms with E-state index in [0.717, 1.165) is 32.1 Å². The Labute approximate surface area is 123 Å². The van der Waals surface area contributed by atoms with E-state index in [4.69, 9.17) is 9.47 Å². The molecule has 0 spiro atoms. The average Bonchev–Trinajstić information content (AvgIpc) is 2.88. The van der Waals surface area contributed by atoms with Crippen LogP contribution in [0.2, 0.25) is 0 Å². The molecule has 0 aromatic rings. The van der Waals surface area contributed by atoms with Crippen molar-refractivity contribution in [2.45, 2.75) is 39.0 Å². The number of nitrogens with one attached hydrogen (secondary N) is 2. The molecule has 5 heteroatoms. The number of rotatable bonds is 9. The molecule has 0 saturated heterocycles. The van der Waals surface area contributed by atoms with Crippen LogP contribution in [-0.2, 0) is 9.47 Å². The predicted octanol–water partition coefficient (Wildman–Crippen LogP) is 1.78. The van der Waals surface area contributed by atoms with Gasteiger partial charge in [-0.3, -0.25) is 4.99 Å². The van der Waals surface area contributed by atoms with Crippen molar-refractivity contribution in [3.05, 3.63) is 0 Å². The molecule has 2 N–H and O–H groups in total. The summed E-state index contributed by atoms with van der Waals surface area (Å²) >= 11 is 0. The van der Waals surface area contributed by atoms with E-state index in [0.29, 0.717) is 18.6 Å². The minimum absolute atomic E-state index is 0.445. The number of aliphatic imine (C=N–C) groups is 1. The molecule has 0 radical (unpaired) electrons. The minimum atomic E-state index is 0.445. The summed E-state index contributed by atoms with van der Waals surface area (Å²) in [7, 11) is 3.51. The Morgan fingerprint density at radius 1 is 1.15 bits per heavy atom. The van der Waals surface area contributed by atoms with Gasteiger partial charge in [-0.05, 0) is 24.7 Å². The molecule has 1 rings (SSSR count). The monoisotopic (exact) mass is 285 g/mol. The van der Waals surface area contributed by atoms with Crippen molar-refractivity contribution in [2.75, 3.05) is 47.1 Å². The van der Waals surface area contributed by atoms with E-state index >= 15 is 0 Å². The summed E-state index contributed by atoms with van der Waals surface area (Å²) in [6.07, 6.45) is 6.35. The van der Waals surface area contributed by atoms with Crippen LogP contribution in [0.5, 0.6) is 0 Å². The van der Waals surface area contributed by atoms with Gasteiger partial charge >= 0.3 is 0 Å². The second kappa shape index (κ2) is 10.00. The first-order valence-corrected chi connectivity index (χ1v) is 7.71. The minimum Gasteiger partial charge on any atom is -0.382 e. The summed E-state index contributed by atoms with van der Waals surface area (Å²) in [5.74, 6) is 0.898. The van der Waals surface area contributed by atoms with E-state index in [9.17, 15) is 0 Å². The Morgan fingerprint density at radius 3 is 2.55 bits per heavy atom. The van der Waals surface area contributed by atoms with E-state index < -0.39 is 0 Å². The van der Waals surface area contributed by atoms with Crippen LogP contribution in [0.4, 0.5) is 0 Å². The van der Waals surface area contributed by atoms with Gasteiger partial charge in [0.2, 0.25) is 0 Å². The zero-order chi connectivity index (χ0) is 14.7. The molecular weight excluding hydrogens is 254 g/mol. The van der Waals surface area contributed by atoms with Gasteiger partial charge in [0.25, 0.3) is 0 Å². The lowest BCUT2D eigenvalue weighted by molar-refractivity contribution is 0.0698. The number of guanidine groups is 1. The Hall–Kier alpha value is -0.810. The highest BCUT2D eigenvalue weighted by molar-refractivity contribution is 5.79. The quantitative estimate of drug-likeness (QED) is 0.385. The highest BCUT2D eigenvalue weighted by Crippen LogP contribution is 2.36. The summed E-state index contributed by atoms with van der Waals surface area (Å²) in [5, 5.41) is 6.77. The summed E-state index contributed by atoms with van der Waals surface area (Å²) < 4.78 is 10.3. The first-order valence-electron chi connectivity index (χ1n) is 7.71. The molecular formula is C15H31N3O2. The zero-order valence-electron chi connectivity index (χ0n) is 13.3. The van der Waals surface area contributed by atoms with E-state index in [1.54, 1.807) is 7.11 Å². The Morgan fingerprint density at radius 2 is 1.90 bits per heavy atom. The van der Waals surface area contributed by atoms with Crippen molar-refractivity contribution in [1.29, 1.82) is 0 Å². The van der Waals surface area contributed by atoms with Crippen molar-refractivity contribution in [1.82, 2.24) is 10.6 Å². The lowest BCUT2D eigenvalue weighted by Gasteiger charge is -2.25. The van der Waals surface area contributed by atoms with E-state index in [1.807, 2.05) is 7.05 Å². The van der Waals surface area contributed by atoms with Gasteiger partial charge in [0.15, 0.2) is 5.96 Å². The first kappa shape index (κ1) is 17.2. The SMILES string of the molecule is CN=C(NCCCOCCOC)NCC1(C)CCCC1. The smallest absolute Gasteiger partial charge is 0.190 e. The van der Waals surface area contributed by atoms with Crippen LogP contribution in [0.3, 0.4) is 0 Å². The molecule has 5 nitrogen and oxygen atoms in total. The molecule has 1 aliphatic rings. The number of methoxy groups -OCH3 is 1. The van der Waals surface area contributed by atoms with Gasteiger partial charge in [0.05, 0.1) is 13.2 Å². The molecule has 1 saturated carbocycles. The second-order valence-corrected chi connectivity index (χ2v) is 5.83. The maximum absolute atomic E-state index is 5.42. The largest absolute Gasteiger partial charge is 0.382 e. The van der Waals surface area contributed by atoms with Gasteiger partial charge in [-0.25, -0.2) is 0 Å². The van der Waals surface area contributed by atoms with Crippen LogP contribution >= 0.6 is 0 Å². The predicted molar refractivity (Wildman–Crippen MR) is 83.3 cm³/mol. The van der Waals surface area contributed by atoms with Crippen molar-refractivity contribution in [2.24, 2.45) is 10.4 Å². The zero-order valence-corrected chi connectivity index (χ0v) is 13.3. The molecule has 0 atom stereocenters. The third kappa shape index (κ3) is 7.10. The van der Waals surface area contributed by atoms with Gasteiger partial charge in [-0.2, -0.15) is 0 Å². The summed E-state index contributed by atoms with van der Waals surface area (Å²) in [4.78, 5) is 4.26. The highest BCUT2D eigenvalue weighted by Gasteiger charge is 2.28. The molecule has 0 bridgehead atoms. The van der Waals surface area contributed by atoms with Crippen LogP contribution in [0.25, 0.3) is 0 Å². The normalized spacial score (nSPS) is 18.2. The lowest BCUT2D eigenvalue weighted by Crippen LogP contribution is -2.42. The lowest BCUT2D eigenvalue weighted by atomic mass is 9.89. The number of nitrogens with zero attached hydrogens (tertiary/aromatic N) is 1. The maximum Gasteiger partial charge on any atom is 0.190 e.